The van der Waals surface area contributed by atoms with E-state index in [9.17, 15) is 9.59 Å². The van der Waals surface area contributed by atoms with E-state index in [1.165, 1.54) is 21.9 Å². The van der Waals surface area contributed by atoms with E-state index in [4.69, 9.17) is 4.74 Å². The van der Waals surface area contributed by atoms with E-state index < -0.39 is 0 Å². The number of hydrogen-bond acceptors (Lipinski definition) is 6. The van der Waals surface area contributed by atoms with Gasteiger partial charge in [0.25, 0.3) is 5.56 Å². The zero-order chi connectivity index (χ0) is 19.4. The Morgan fingerprint density at radius 1 is 1.33 bits per heavy atom. The zero-order valence-electron chi connectivity index (χ0n) is 15.6. The molecule has 3 aromatic rings. The van der Waals surface area contributed by atoms with Crippen LogP contribution in [0, 0.1) is 5.92 Å². The fourth-order valence-corrected chi connectivity index (χ4v) is 3.37. The van der Waals surface area contributed by atoms with Crippen molar-refractivity contribution in [3.05, 3.63) is 51.4 Å². The highest BCUT2D eigenvalue weighted by molar-refractivity contribution is 7.16. The number of rotatable bonds is 7. The standard InChI is InChI=1S/C19H22N4O3S/c1-4-17-22-23-18(25)10-14(21-19(23)27-17)11-26-15-7-5-6-13(9-15)20-16(24)8-12(2)3/h5-7,9-10,12H,4,8,11H2,1-3H3,(H,20,24). The fourth-order valence-electron chi connectivity index (χ4n) is 2.52. The van der Waals surface area contributed by atoms with Crippen LogP contribution in [0.25, 0.3) is 4.96 Å². The van der Waals surface area contributed by atoms with Gasteiger partial charge in [-0.05, 0) is 24.5 Å². The molecule has 0 aliphatic rings. The summed E-state index contributed by atoms with van der Waals surface area (Å²) in [6.45, 7) is 6.14. The Morgan fingerprint density at radius 2 is 2.15 bits per heavy atom. The molecule has 3 rings (SSSR count). The van der Waals surface area contributed by atoms with E-state index >= 15 is 0 Å². The molecule has 0 atom stereocenters. The normalized spacial score (nSPS) is 11.1. The zero-order valence-corrected chi connectivity index (χ0v) is 16.4. The Balaban J connectivity index is 1.69. The third-order valence-corrected chi connectivity index (χ3v) is 4.79. The number of ether oxygens (including phenoxy) is 1. The summed E-state index contributed by atoms with van der Waals surface area (Å²) >= 11 is 1.40. The van der Waals surface area contributed by atoms with Gasteiger partial charge in [-0.15, -0.1) is 0 Å². The number of aromatic nitrogens is 3. The van der Waals surface area contributed by atoms with Crippen LogP contribution >= 0.6 is 11.3 Å². The average molecular weight is 386 g/mol. The lowest BCUT2D eigenvalue weighted by atomic mass is 10.1. The highest BCUT2D eigenvalue weighted by Gasteiger charge is 2.09. The summed E-state index contributed by atoms with van der Waals surface area (Å²) < 4.78 is 7.07. The van der Waals surface area contributed by atoms with Crippen molar-refractivity contribution in [2.45, 2.75) is 40.2 Å². The van der Waals surface area contributed by atoms with Gasteiger partial charge in [0.05, 0.1) is 5.69 Å². The molecule has 2 heterocycles. The predicted molar refractivity (Wildman–Crippen MR) is 105 cm³/mol. The number of hydrogen-bond donors (Lipinski definition) is 1. The van der Waals surface area contributed by atoms with Crippen LogP contribution in [0.15, 0.2) is 35.1 Å². The van der Waals surface area contributed by atoms with Crippen LogP contribution in [-0.2, 0) is 17.8 Å². The monoisotopic (exact) mass is 386 g/mol. The second-order valence-electron chi connectivity index (χ2n) is 6.59. The molecule has 7 nitrogen and oxygen atoms in total. The first kappa shape index (κ1) is 19.0. The SMILES string of the molecule is CCc1nn2c(=O)cc(COc3cccc(NC(=O)CC(C)C)c3)nc2s1. The molecule has 0 unspecified atom stereocenters. The van der Waals surface area contributed by atoms with E-state index in [-0.39, 0.29) is 18.1 Å². The van der Waals surface area contributed by atoms with E-state index in [1.54, 1.807) is 12.1 Å². The Labute approximate surface area is 161 Å². The number of aryl methyl sites for hydroxylation is 1. The number of amides is 1. The smallest absolute Gasteiger partial charge is 0.275 e. The Bertz CT molecular complexity index is 1010. The minimum atomic E-state index is -0.218. The first-order valence-corrected chi connectivity index (χ1v) is 9.67. The van der Waals surface area contributed by atoms with Crippen LogP contribution in [0.2, 0.25) is 0 Å². The summed E-state index contributed by atoms with van der Waals surface area (Å²) in [6, 6.07) is 8.60. The number of carbonyl (C=O) groups excluding carboxylic acids is 1. The summed E-state index contributed by atoms with van der Waals surface area (Å²) in [7, 11) is 0. The van der Waals surface area contributed by atoms with Crippen LogP contribution in [0.3, 0.4) is 0 Å². The molecule has 8 heteroatoms. The minimum absolute atomic E-state index is 0.0285. The van der Waals surface area contributed by atoms with Gasteiger partial charge in [0, 0.05) is 24.2 Å². The second kappa shape index (κ2) is 8.30. The molecule has 0 spiro atoms. The van der Waals surface area contributed by atoms with Crippen molar-refractivity contribution in [1.82, 2.24) is 14.6 Å². The van der Waals surface area contributed by atoms with Crippen LogP contribution < -0.4 is 15.6 Å². The lowest BCUT2D eigenvalue weighted by molar-refractivity contribution is -0.116. The molecule has 0 bridgehead atoms. The molecule has 1 aromatic carbocycles. The van der Waals surface area contributed by atoms with Crippen molar-refractivity contribution in [3.63, 3.8) is 0 Å². The number of anilines is 1. The molecule has 0 fully saturated rings. The lowest BCUT2D eigenvalue weighted by Crippen LogP contribution is -2.16. The van der Waals surface area contributed by atoms with Gasteiger partial charge in [0.15, 0.2) is 0 Å². The number of nitrogens with zero attached hydrogens (tertiary/aromatic N) is 3. The molecule has 142 valence electrons. The molecule has 1 amide bonds. The maximum atomic E-state index is 12.2. The first-order valence-electron chi connectivity index (χ1n) is 8.86. The van der Waals surface area contributed by atoms with Crippen molar-refractivity contribution in [2.75, 3.05) is 5.32 Å². The van der Waals surface area contributed by atoms with E-state index in [0.717, 1.165) is 11.4 Å². The summed E-state index contributed by atoms with van der Waals surface area (Å²) in [5.41, 5.74) is 1.00. The Morgan fingerprint density at radius 3 is 2.89 bits per heavy atom. The molecular weight excluding hydrogens is 364 g/mol. The van der Waals surface area contributed by atoms with Gasteiger partial charge in [-0.1, -0.05) is 38.2 Å². The summed E-state index contributed by atoms with van der Waals surface area (Å²) in [6.07, 6.45) is 1.22. The molecule has 27 heavy (non-hydrogen) atoms. The van der Waals surface area contributed by atoms with Gasteiger partial charge in [0.2, 0.25) is 10.9 Å². The third kappa shape index (κ3) is 4.91. The molecule has 0 saturated carbocycles. The second-order valence-corrected chi connectivity index (χ2v) is 7.63. The average Bonchev–Trinajstić information content (AvgIpc) is 3.03. The summed E-state index contributed by atoms with van der Waals surface area (Å²) in [4.78, 5) is 29.1. The first-order chi connectivity index (χ1) is 12.9. The maximum Gasteiger partial charge on any atom is 0.275 e. The van der Waals surface area contributed by atoms with Gasteiger partial charge in [-0.2, -0.15) is 9.61 Å². The molecule has 2 aromatic heterocycles. The molecular formula is C19H22N4O3S. The molecule has 1 N–H and O–H groups in total. The largest absolute Gasteiger partial charge is 0.487 e. The molecule has 0 saturated heterocycles. The fraction of sp³-hybridized carbons (Fsp3) is 0.368. The Hall–Kier alpha value is -2.74. The van der Waals surface area contributed by atoms with Crippen molar-refractivity contribution in [2.24, 2.45) is 5.92 Å². The Kier molecular flexibility index (Phi) is 5.85. The summed E-state index contributed by atoms with van der Waals surface area (Å²) in [5, 5.41) is 7.95. The van der Waals surface area contributed by atoms with Crippen LogP contribution in [0.5, 0.6) is 5.75 Å². The van der Waals surface area contributed by atoms with E-state index in [1.807, 2.05) is 32.9 Å². The van der Waals surface area contributed by atoms with Gasteiger partial charge in [-0.25, -0.2) is 4.98 Å². The molecule has 0 aliphatic heterocycles. The third-order valence-electron chi connectivity index (χ3n) is 3.74. The van der Waals surface area contributed by atoms with E-state index in [2.05, 4.69) is 15.4 Å². The lowest BCUT2D eigenvalue weighted by Gasteiger charge is -2.10. The number of nitrogens with one attached hydrogen (secondary N) is 1. The van der Waals surface area contributed by atoms with Gasteiger partial charge in [-0.3, -0.25) is 9.59 Å². The summed E-state index contributed by atoms with van der Waals surface area (Å²) in [5.74, 6) is 0.863. The highest BCUT2D eigenvalue weighted by Crippen LogP contribution is 2.19. The van der Waals surface area contributed by atoms with Crippen molar-refractivity contribution < 1.29 is 9.53 Å². The number of carbonyl (C=O) groups is 1. The quantitative estimate of drug-likeness (QED) is 0.673. The number of benzene rings is 1. The van der Waals surface area contributed by atoms with E-state index in [0.29, 0.717) is 34.4 Å². The maximum absolute atomic E-state index is 12.2. The molecule has 0 aliphatic carbocycles. The molecule has 0 radical (unpaired) electrons. The highest BCUT2D eigenvalue weighted by atomic mass is 32.1. The van der Waals surface area contributed by atoms with Gasteiger partial charge >= 0.3 is 0 Å². The van der Waals surface area contributed by atoms with Gasteiger partial charge in [0.1, 0.15) is 17.4 Å². The topological polar surface area (TPSA) is 85.6 Å². The van der Waals surface area contributed by atoms with Gasteiger partial charge < -0.3 is 10.1 Å². The van der Waals surface area contributed by atoms with Crippen molar-refractivity contribution in [3.8, 4) is 5.75 Å². The minimum Gasteiger partial charge on any atom is -0.487 e. The van der Waals surface area contributed by atoms with Crippen LogP contribution in [0.1, 0.15) is 37.9 Å². The van der Waals surface area contributed by atoms with Crippen molar-refractivity contribution >= 4 is 27.9 Å². The van der Waals surface area contributed by atoms with Crippen molar-refractivity contribution in [1.29, 1.82) is 0 Å². The number of fused-ring (bicyclic) bond motifs is 1. The predicted octanol–water partition coefficient (Wildman–Crippen LogP) is 3.28. The van der Waals surface area contributed by atoms with Crippen LogP contribution in [0.4, 0.5) is 5.69 Å². The van der Waals surface area contributed by atoms with Crippen LogP contribution in [-0.4, -0.2) is 20.5 Å².